The van der Waals surface area contributed by atoms with Gasteiger partial charge in [-0.25, -0.2) is 19.4 Å². The largest absolute Gasteiger partial charge is 0.460 e. The van der Waals surface area contributed by atoms with Gasteiger partial charge < -0.3 is 14.2 Å². The lowest BCUT2D eigenvalue weighted by Gasteiger charge is -2.41. The van der Waals surface area contributed by atoms with Gasteiger partial charge >= 0.3 is 59.7 Å². The number of carbonyl (C=O) groups excluding carboxylic acids is 6. The van der Waals surface area contributed by atoms with Crippen LogP contribution in [0.15, 0.2) is 103 Å². The number of hydrogen-bond acceptors (Lipinski definition) is 9. The van der Waals surface area contributed by atoms with Crippen LogP contribution < -0.4 is 24.0 Å². The fourth-order valence-corrected chi connectivity index (χ4v) is 5.24. The van der Waals surface area contributed by atoms with Gasteiger partial charge in [-0.15, -0.1) is 0 Å². The Morgan fingerprint density at radius 1 is 0.415 bits per heavy atom. The lowest BCUT2D eigenvalue weighted by atomic mass is 9.91. The highest BCUT2D eigenvalue weighted by molar-refractivity contribution is 6.28. The highest BCUT2D eigenvalue weighted by Crippen LogP contribution is 2.63. The fraction of sp³-hybridized carbons (Fsp3) is 0.189. The van der Waals surface area contributed by atoms with Gasteiger partial charge in [0.2, 0.25) is 5.83 Å². The van der Waals surface area contributed by atoms with Gasteiger partial charge in [0.1, 0.15) is 17.2 Å². The van der Waals surface area contributed by atoms with Crippen molar-refractivity contribution in [3.05, 3.63) is 114 Å². The minimum Gasteiger partial charge on any atom is -0.430 e. The first-order valence-corrected chi connectivity index (χ1v) is 16.7. The Hall–Kier alpha value is -7.29. The van der Waals surface area contributed by atoms with Crippen molar-refractivity contribution in [1.82, 2.24) is 0 Å². The molecule has 0 atom stereocenters. The van der Waals surface area contributed by atoms with Crippen LogP contribution in [-0.4, -0.2) is 77.3 Å². The Morgan fingerprint density at radius 3 is 1.08 bits per heavy atom. The van der Waals surface area contributed by atoms with Crippen LogP contribution in [0.3, 0.4) is 0 Å². The van der Waals surface area contributed by atoms with Crippen LogP contribution in [0, 0.1) is 0 Å². The monoisotopic (exact) mass is 954 g/mol. The molecule has 11 nitrogen and oxygen atoms in total. The van der Waals surface area contributed by atoms with Crippen LogP contribution in [0.5, 0.6) is 17.2 Å². The molecule has 28 heteroatoms. The Kier molecular flexibility index (Phi) is 12.3. The minimum atomic E-state index is -8.84. The first-order chi connectivity index (χ1) is 29.7. The van der Waals surface area contributed by atoms with E-state index in [0.717, 1.165) is 72.8 Å². The van der Waals surface area contributed by atoms with Gasteiger partial charge in [0, 0.05) is 24.3 Å². The summed E-state index contributed by atoms with van der Waals surface area (Å²) < 4.78 is 248. The number of benzene rings is 3. The van der Waals surface area contributed by atoms with Crippen LogP contribution in [0.4, 0.5) is 86.0 Å². The summed E-state index contributed by atoms with van der Waals surface area (Å²) in [6.07, 6.45) is -4.33. The third-order valence-electron chi connectivity index (χ3n) is 8.59. The average molecular weight is 954 g/mol. The lowest BCUT2D eigenvalue weighted by Crippen LogP contribution is -2.72. The average Bonchev–Trinajstić information content (AvgIpc) is 3.74. The molecular formula is C37H15F17N2O9. The van der Waals surface area contributed by atoms with Crippen molar-refractivity contribution in [3.63, 3.8) is 0 Å². The Morgan fingerprint density at radius 2 is 0.738 bits per heavy atom. The molecule has 2 aliphatic rings. The molecule has 0 bridgehead atoms. The van der Waals surface area contributed by atoms with Gasteiger partial charge in [-0.1, -0.05) is 0 Å². The molecule has 0 saturated carbocycles. The molecule has 5 rings (SSSR count). The van der Waals surface area contributed by atoms with Crippen molar-refractivity contribution in [1.29, 1.82) is 0 Å². The maximum atomic E-state index is 14.8. The van der Waals surface area contributed by atoms with E-state index in [0.29, 0.717) is 15.9 Å². The zero-order valence-corrected chi connectivity index (χ0v) is 30.7. The van der Waals surface area contributed by atoms with E-state index in [9.17, 15) is 103 Å². The number of esters is 2. The number of carbonyl (C=O) groups is 6. The van der Waals surface area contributed by atoms with Gasteiger partial charge in [-0.05, 0) is 66.7 Å². The maximum Gasteiger partial charge on any atom is 0.460 e. The molecule has 2 aliphatic heterocycles. The van der Waals surface area contributed by atoms with Crippen molar-refractivity contribution in [2.75, 3.05) is 9.80 Å². The van der Waals surface area contributed by atoms with E-state index >= 15 is 0 Å². The molecule has 0 aromatic heterocycles. The summed E-state index contributed by atoms with van der Waals surface area (Å²) in [5.74, 6) is -65.1. The van der Waals surface area contributed by atoms with E-state index in [1.54, 1.807) is 0 Å². The zero-order chi connectivity index (χ0) is 49.0. The Labute approximate surface area is 347 Å². The van der Waals surface area contributed by atoms with Crippen molar-refractivity contribution >= 4 is 46.9 Å². The summed E-state index contributed by atoms with van der Waals surface area (Å²) in [7, 11) is 0. The first-order valence-electron chi connectivity index (χ1n) is 16.7. The topological polar surface area (TPSA) is 137 Å². The number of allylic oxidation sites excluding steroid dienone is 1. The second-order valence-corrected chi connectivity index (χ2v) is 12.8. The van der Waals surface area contributed by atoms with E-state index in [1.807, 2.05) is 0 Å². The molecule has 65 heavy (non-hydrogen) atoms. The second-order valence-electron chi connectivity index (χ2n) is 12.8. The first kappa shape index (κ1) is 48.7. The summed E-state index contributed by atoms with van der Waals surface area (Å²) in [5, 5.41) is 0. The van der Waals surface area contributed by atoms with Crippen LogP contribution >= 0.6 is 0 Å². The molecule has 0 aliphatic carbocycles. The molecule has 3 aromatic carbocycles. The number of hydrogen-bond donors (Lipinski definition) is 0. The number of amides is 4. The standard InChI is InChI=1S/C37H15F17N2O9/c38-27(31(40,41)32(42,43)33(44,45)34(46,47)35(48,49)36(50,51)37(52,53)54)28(39)63-22-14-16(29(61)64-20-5-1-18(2-6-20)55-23(57)9-10-24(55)58)13-17(15-22)30(62)65-21-7-3-19(4-8-21)56-25(59)11-12-26(56)60/h1-15H. The number of anilines is 2. The van der Waals surface area contributed by atoms with Gasteiger partial charge in [0.25, 0.3) is 23.6 Å². The third-order valence-corrected chi connectivity index (χ3v) is 8.59. The van der Waals surface area contributed by atoms with Gasteiger partial charge in [0.15, 0.2) is 0 Å². The quantitative estimate of drug-likeness (QED) is 0.0511. The molecule has 0 spiro atoms. The maximum absolute atomic E-state index is 14.8. The Balaban J connectivity index is 1.49. The number of nitrogens with zero attached hydrogens (tertiary/aromatic N) is 2. The second kappa shape index (κ2) is 16.4. The fourth-order valence-electron chi connectivity index (χ4n) is 5.24. The molecule has 0 radical (unpaired) electrons. The van der Waals surface area contributed by atoms with Crippen LogP contribution in [0.2, 0.25) is 0 Å². The molecule has 0 unspecified atom stereocenters. The molecule has 4 amide bonds. The van der Waals surface area contributed by atoms with Crippen molar-refractivity contribution < 1.29 is 118 Å². The lowest BCUT2D eigenvalue weighted by molar-refractivity contribution is -0.451. The summed E-state index contributed by atoms with van der Waals surface area (Å²) in [6, 6.07) is 4.62. The molecule has 0 saturated heterocycles. The van der Waals surface area contributed by atoms with Crippen molar-refractivity contribution in [2.45, 2.75) is 41.7 Å². The summed E-state index contributed by atoms with van der Waals surface area (Å²) in [6.45, 7) is 0. The number of ether oxygens (including phenoxy) is 3. The highest BCUT2D eigenvalue weighted by Gasteiger charge is 2.94. The van der Waals surface area contributed by atoms with E-state index in [1.165, 1.54) is 0 Å². The number of rotatable bonds is 14. The Bertz CT molecular complexity index is 2420. The molecule has 2 heterocycles. The van der Waals surface area contributed by atoms with E-state index in [-0.39, 0.29) is 23.5 Å². The minimum absolute atomic E-state index is 0.0883. The number of halogens is 17. The van der Waals surface area contributed by atoms with Crippen molar-refractivity contribution in [2.24, 2.45) is 0 Å². The predicted molar refractivity (Wildman–Crippen MR) is 178 cm³/mol. The molecule has 0 fully saturated rings. The smallest absolute Gasteiger partial charge is 0.430 e. The van der Waals surface area contributed by atoms with Gasteiger partial charge in [0.05, 0.1) is 22.5 Å². The molecule has 346 valence electrons. The number of alkyl halides is 15. The molecule has 3 aromatic rings. The van der Waals surface area contributed by atoms with E-state index in [2.05, 4.69) is 4.74 Å². The van der Waals surface area contributed by atoms with Crippen LogP contribution in [-0.2, 0) is 19.2 Å². The number of imide groups is 2. The highest BCUT2D eigenvalue weighted by atomic mass is 19.4. The van der Waals surface area contributed by atoms with Crippen LogP contribution in [0.1, 0.15) is 20.7 Å². The van der Waals surface area contributed by atoms with Gasteiger partial charge in [-0.3, -0.25) is 19.2 Å². The normalized spacial score (nSPS) is 15.8. The third kappa shape index (κ3) is 8.33. The summed E-state index contributed by atoms with van der Waals surface area (Å²) in [4.78, 5) is 75.3. The molecular weight excluding hydrogens is 939 g/mol. The molecule has 0 N–H and O–H groups in total. The predicted octanol–water partition coefficient (Wildman–Crippen LogP) is 8.84. The summed E-state index contributed by atoms with van der Waals surface area (Å²) >= 11 is 0. The van der Waals surface area contributed by atoms with Crippen molar-refractivity contribution in [3.8, 4) is 17.2 Å². The van der Waals surface area contributed by atoms with Gasteiger partial charge in [-0.2, -0.15) is 74.6 Å². The van der Waals surface area contributed by atoms with E-state index in [4.69, 9.17) is 9.47 Å². The van der Waals surface area contributed by atoms with E-state index < -0.39 is 117 Å². The SMILES string of the molecule is O=C(Oc1ccc(N2C(=O)C=CC2=O)cc1)c1cc(OC(F)=C(F)C(F)(F)C(F)(F)C(F)(F)C(F)(F)C(F)(F)C(F)(F)C(F)(F)F)cc(C(=O)Oc2ccc(N3C(=O)C=CC3=O)cc2)c1. The van der Waals surface area contributed by atoms with Crippen LogP contribution in [0.25, 0.3) is 0 Å². The summed E-state index contributed by atoms with van der Waals surface area (Å²) in [5.41, 5.74) is -2.39. The zero-order valence-electron chi connectivity index (χ0n) is 30.7.